The molecule has 1 aliphatic carbocycles. The summed E-state index contributed by atoms with van der Waals surface area (Å²) in [6.07, 6.45) is 3.85. The van der Waals surface area contributed by atoms with Gasteiger partial charge in [0.1, 0.15) is 5.65 Å². The first-order valence-electron chi connectivity index (χ1n) is 10.2. The Hall–Kier alpha value is -3.40. The Balaban J connectivity index is 1.51. The molecule has 2 aromatic carbocycles. The van der Waals surface area contributed by atoms with Gasteiger partial charge in [0.05, 0.1) is 23.0 Å². The first kappa shape index (κ1) is 17.7. The molecule has 144 valence electrons. The highest BCUT2D eigenvalue weighted by Gasteiger charge is 2.21. The first-order valence-corrected chi connectivity index (χ1v) is 10.2. The molecule has 1 aliphatic rings. The first-order chi connectivity index (χ1) is 14.2. The molecule has 0 saturated heterocycles. The molecule has 0 bridgehead atoms. The van der Waals surface area contributed by atoms with E-state index in [-0.39, 0.29) is 5.43 Å². The Morgan fingerprint density at radius 2 is 1.69 bits per heavy atom. The lowest BCUT2D eigenvalue weighted by Gasteiger charge is -2.17. The molecule has 0 fully saturated rings. The van der Waals surface area contributed by atoms with E-state index in [2.05, 4.69) is 41.1 Å². The van der Waals surface area contributed by atoms with Crippen molar-refractivity contribution in [3.63, 3.8) is 0 Å². The van der Waals surface area contributed by atoms with Gasteiger partial charge in [0.25, 0.3) is 0 Å². The van der Waals surface area contributed by atoms with Crippen LogP contribution in [0.5, 0.6) is 0 Å². The van der Waals surface area contributed by atoms with Crippen LogP contribution in [0.2, 0.25) is 0 Å². The Bertz CT molecular complexity index is 1220. The molecule has 5 rings (SSSR count). The molecule has 0 spiro atoms. The summed E-state index contributed by atoms with van der Waals surface area (Å²) in [6, 6.07) is 22.6. The minimum Gasteiger partial charge on any atom is -0.380 e. The number of rotatable bonds is 4. The van der Waals surface area contributed by atoms with E-state index in [0.717, 1.165) is 42.0 Å². The zero-order chi connectivity index (χ0) is 19.8. The van der Waals surface area contributed by atoms with Gasteiger partial charge in [-0.1, -0.05) is 54.6 Å². The van der Waals surface area contributed by atoms with Crippen LogP contribution < -0.4 is 10.7 Å². The normalized spacial score (nSPS) is 13.6. The average molecular weight is 381 g/mol. The van der Waals surface area contributed by atoms with Crippen molar-refractivity contribution in [1.29, 1.82) is 0 Å². The van der Waals surface area contributed by atoms with Gasteiger partial charge in [0.2, 0.25) is 0 Å². The van der Waals surface area contributed by atoms with Crippen LogP contribution in [-0.2, 0) is 19.4 Å². The predicted octanol–water partition coefficient (Wildman–Crippen LogP) is 4.66. The molecular formula is C25H23N3O. The highest BCUT2D eigenvalue weighted by atomic mass is 16.1. The van der Waals surface area contributed by atoms with Crippen molar-refractivity contribution in [2.24, 2.45) is 0 Å². The highest BCUT2D eigenvalue weighted by Crippen LogP contribution is 2.26. The Kier molecular flexibility index (Phi) is 4.39. The molecule has 2 aromatic heterocycles. The SMILES string of the molecule is CCn1c(-c2ccccc2)cc(=O)c2cc(NC3Cc4ccccc4C3)cnc21. The molecule has 0 aliphatic heterocycles. The fourth-order valence-electron chi connectivity index (χ4n) is 4.39. The van der Waals surface area contributed by atoms with Crippen LogP contribution in [0.4, 0.5) is 5.69 Å². The summed E-state index contributed by atoms with van der Waals surface area (Å²) >= 11 is 0. The zero-order valence-corrected chi connectivity index (χ0v) is 16.4. The number of benzene rings is 2. The van der Waals surface area contributed by atoms with E-state index in [4.69, 9.17) is 4.98 Å². The molecule has 0 atom stereocenters. The standard InChI is InChI=1S/C25H23N3O/c1-2-28-23(17-8-4-3-5-9-17)15-24(29)22-14-21(16-26-25(22)28)27-20-12-18-10-6-7-11-19(18)13-20/h3-11,14-16,20,27H,2,12-13H2,1H3. The largest absolute Gasteiger partial charge is 0.380 e. The van der Waals surface area contributed by atoms with Crippen LogP contribution in [-0.4, -0.2) is 15.6 Å². The lowest BCUT2D eigenvalue weighted by molar-refractivity contribution is 0.771. The lowest BCUT2D eigenvalue weighted by Crippen LogP contribution is -2.20. The van der Waals surface area contributed by atoms with Gasteiger partial charge in [0, 0.05) is 18.7 Å². The van der Waals surface area contributed by atoms with Gasteiger partial charge >= 0.3 is 0 Å². The Morgan fingerprint density at radius 1 is 1.00 bits per heavy atom. The van der Waals surface area contributed by atoms with Crippen molar-refractivity contribution in [2.45, 2.75) is 32.4 Å². The summed E-state index contributed by atoms with van der Waals surface area (Å²) in [7, 11) is 0. The summed E-state index contributed by atoms with van der Waals surface area (Å²) in [5.41, 5.74) is 6.39. The van der Waals surface area contributed by atoms with E-state index < -0.39 is 0 Å². The maximum Gasteiger partial charge on any atom is 0.191 e. The fourth-order valence-corrected chi connectivity index (χ4v) is 4.39. The number of aryl methyl sites for hydroxylation is 1. The predicted molar refractivity (Wildman–Crippen MR) is 118 cm³/mol. The van der Waals surface area contributed by atoms with E-state index in [9.17, 15) is 4.79 Å². The smallest absolute Gasteiger partial charge is 0.191 e. The summed E-state index contributed by atoms with van der Waals surface area (Å²) in [4.78, 5) is 17.6. The topological polar surface area (TPSA) is 46.9 Å². The molecule has 2 heterocycles. The van der Waals surface area contributed by atoms with Crippen molar-refractivity contribution in [1.82, 2.24) is 9.55 Å². The Morgan fingerprint density at radius 3 is 2.38 bits per heavy atom. The second kappa shape index (κ2) is 7.21. The van der Waals surface area contributed by atoms with Crippen molar-refractivity contribution in [2.75, 3.05) is 5.32 Å². The van der Waals surface area contributed by atoms with E-state index >= 15 is 0 Å². The van der Waals surface area contributed by atoms with Gasteiger partial charge in [-0.05, 0) is 42.5 Å². The van der Waals surface area contributed by atoms with Crippen molar-refractivity contribution in [3.8, 4) is 11.3 Å². The third-order valence-electron chi connectivity index (χ3n) is 5.75. The minimum atomic E-state index is 0.00871. The van der Waals surface area contributed by atoms with Crippen molar-refractivity contribution in [3.05, 3.63) is 94.3 Å². The molecule has 0 saturated carbocycles. The molecule has 4 aromatic rings. The maximum absolute atomic E-state index is 12.9. The van der Waals surface area contributed by atoms with Gasteiger partial charge in [-0.2, -0.15) is 0 Å². The minimum absolute atomic E-state index is 0.00871. The van der Waals surface area contributed by atoms with Gasteiger partial charge in [0.15, 0.2) is 5.43 Å². The lowest BCUT2D eigenvalue weighted by atomic mass is 10.1. The number of aromatic nitrogens is 2. The monoisotopic (exact) mass is 381 g/mol. The number of pyridine rings is 2. The van der Waals surface area contributed by atoms with Gasteiger partial charge in [-0.25, -0.2) is 4.98 Å². The van der Waals surface area contributed by atoms with Crippen LogP contribution >= 0.6 is 0 Å². The number of hydrogen-bond acceptors (Lipinski definition) is 3. The molecule has 29 heavy (non-hydrogen) atoms. The second-order valence-electron chi connectivity index (χ2n) is 7.62. The summed E-state index contributed by atoms with van der Waals surface area (Å²) < 4.78 is 2.11. The van der Waals surface area contributed by atoms with Gasteiger partial charge < -0.3 is 9.88 Å². The number of fused-ring (bicyclic) bond motifs is 2. The molecule has 0 amide bonds. The molecule has 4 nitrogen and oxygen atoms in total. The van der Waals surface area contributed by atoms with Crippen molar-refractivity contribution >= 4 is 16.7 Å². The maximum atomic E-state index is 12.9. The average Bonchev–Trinajstić information content (AvgIpc) is 3.17. The number of nitrogens with one attached hydrogen (secondary N) is 1. The zero-order valence-electron chi connectivity index (χ0n) is 16.4. The van der Waals surface area contributed by atoms with E-state index in [1.807, 2.05) is 42.6 Å². The molecule has 1 N–H and O–H groups in total. The molecule has 0 radical (unpaired) electrons. The number of anilines is 1. The third-order valence-corrected chi connectivity index (χ3v) is 5.75. The van der Waals surface area contributed by atoms with Crippen LogP contribution in [0.15, 0.2) is 77.7 Å². The summed E-state index contributed by atoms with van der Waals surface area (Å²) in [5.74, 6) is 0. The van der Waals surface area contributed by atoms with Crippen molar-refractivity contribution < 1.29 is 0 Å². The number of hydrogen-bond donors (Lipinski definition) is 1. The van der Waals surface area contributed by atoms with Crippen LogP contribution in [0, 0.1) is 0 Å². The summed E-state index contributed by atoms with van der Waals surface area (Å²) in [6.45, 7) is 2.83. The van der Waals surface area contributed by atoms with E-state index in [1.165, 1.54) is 11.1 Å². The number of nitrogens with zero attached hydrogens (tertiary/aromatic N) is 2. The highest BCUT2D eigenvalue weighted by molar-refractivity contribution is 5.82. The van der Waals surface area contributed by atoms with Gasteiger partial charge in [-0.15, -0.1) is 0 Å². The van der Waals surface area contributed by atoms with E-state index in [0.29, 0.717) is 11.4 Å². The molecular weight excluding hydrogens is 358 g/mol. The summed E-state index contributed by atoms with van der Waals surface area (Å²) in [5, 5.41) is 4.24. The second-order valence-corrected chi connectivity index (χ2v) is 7.62. The quantitative estimate of drug-likeness (QED) is 0.559. The van der Waals surface area contributed by atoms with E-state index in [1.54, 1.807) is 6.07 Å². The van der Waals surface area contributed by atoms with Gasteiger partial charge in [-0.3, -0.25) is 4.79 Å². The third kappa shape index (κ3) is 3.21. The van der Waals surface area contributed by atoms with Crippen LogP contribution in [0.1, 0.15) is 18.1 Å². The van der Waals surface area contributed by atoms with Crippen LogP contribution in [0.25, 0.3) is 22.3 Å². The Labute approximate surface area is 169 Å². The van der Waals surface area contributed by atoms with Crippen LogP contribution in [0.3, 0.4) is 0 Å². The molecule has 4 heteroatoms. The fraction of sp³-hybridized carbons (Fsp3) is 0.200. The molecule has 0 unspecified atom stereocenters.